The molecule has 5 heteroatoms. The molecule has 1 rings (SSSR count). The molecular formula is C8H15N3O2. The molecule has 1 saturated heterocycles. The van der Waals surface area contributed by atoms with Gasteiger partial charge in [0.25, 0.3) is 0 Å². The fourth-order valence-electron chi connectivity index (χ4n) is 1.33. The molecule has 0 aromatic rings. The number of hydrogen-bond donors (Lipinski definition) is 2. The van der Waals surface area contributed by atoms with Gasteiger partial charge in [0.1, 0.15) is 0 Å². The Balaban J connectivity index is 2.31. The van der Waals surface area contributed by atoms with Gasteiger partial charge in [0.2, 0.25) is 12.3 Å². The second kappa shape index (κ2) is 4.23. The lowest BCUT2D eigenvalue weighted by molar-refractivity contribution is -0.123. The smallest absolute Gasteiger partial charge is 0.236 e. The highest BCUT2D eigenvalue weighted by Crippen LogP contribution is 2.06. The van der Waals surface area contributed by atoms with Crippen LogP contribution in [0.2, 0.25) is 0 Å². The van der Waals surface area contributed by atoms with Crippen LogP contribution in [0.1, 0.15) is 13.3 Å². The summed E-state index contributed by atoms with van der Waals surface area (Å²) in [5.74, 6) is -0.155. The van der Waals surface area contributed by atoms with E-state index in [4.69, 9.17) is 5.73 Å². The first kappa shape index (κ1) is 9.98. The van der Waals surface area contributed by atoms with Crippen LogP contribution in [0, 0.1) is 0 Å². The van der Waals surface area contributed by atoms with Crippen molar-refractivity contribution in [3.63, 3.8) is 0 Å². The molecule has 1 aliphatic heterocycles. The summed E-state index contributed by atoms with van der Waals surface area (Å²) in [7, 11) is 0. The lowest BCUT2D eigenvalue weighted by Gasteiger charge is -2.14. The average Bonchev–Trinajstić information content (AvgIpc) is 2.52. The Kier molecular flexibility index (Phi) is 3.25. The van der Waals surface area contributed by atoms with Gasteiger partial charge in [-0.05, 0) is 13.3 Å². The van der Waals surface area contributed by atoms with Gasteiger partial charge in [-0.2, -0.15) is 0 Å². The summed E-state index contributed by atoms with van der Waals surface area (Å²) in [4.78, 5) is 23.2. The summed E-state index contributed by atoms with van der Waals surface area (Å²) in [6.07, 6.45) is 1.62. The van der Waals surface area contributed by atoms with E-state index in [1.54, 1.807) is 11.8 Å². The maximum Gasteiger partial charge on any atom is 0.236 e. The van der Waals surface area contributed by atoms with E-state index in [2.05, 4.69) is 5.32 Å². The molecule has 0 saturated carbocycles. The zero-order chi connectivity index (χ0) is 9.84. The van der Waals surface area contributed by atoms with Crippen LogP contribution in [0.5, 0.6) is 0 Å². The molecule has 0 radical (unpaired) electrons. The van der Waals surface area contributed by atoms with Crippen molar-refractivity contribution in [3.05, 3.63) is 0 Å². The van der Waals surface area contributed by atoms with Crippen molar-refractivity contribution in [2.75, 3.05) is 13.1 Å². The Morgan fingerprint density at radius 1 is 1.77 bits per heavy atom. The Labute approximate surface area is 77.3 Å². The van der Waals surface area contributed by atoms with Crippen LogP contribution in [0.15, 0.2) is 0 Å². The molecule has 1 aliphatic rings. The van der Waals surface area contributed by atoms with Crippen LogP contribution >= 0.6 is 0 Å². The molecule has 0 aromatic heterocycles. The Bertz CT molecular complexity index is 206. The first-order chi connectivity index (χ1) is 6.13. The molecular weight excluding hydrogens is 170 g/mol. The second-order valence-electron chi connectivity index (χ2n) is 3.38. The van der Waals surface area contributed by atoms with Crippen LogP contribution < -0.4 is 11.1 Å². The number of carbonyl (C=O) groups excluding carboxylic acids is 2. The highest BCUT2D eigenvalue weighted by molar-refractivity contribution is 5.81. The SMILES string of the molecule is CC(N)C(=O)NC1CCN(C=O)C1. The fourth-order valence-corrected chi connectivity index (χ4v) is 1.33. The van der Waals surface area contributed by atoms with Crippen LogP contribution in [0.25, 0.3) is 0 Å². The van der Waals surface area contributed by atoms with Gasteiger partial charge in [-0.15, -0.1) is 0 Å². The number of hydrogen-bond acceptors (Lipinski definition) is 3. The van der Waals surface area contributed by atoms with Crippen LogP contribution in [-0.4, -0.2) is 42.4 Å². The van der Waals surface area contributed by atoms with Gasteiger partial charge in [-0.1, -0.05) is 0 Å². The van der Waals surface area contributed by atoms with Crippen molar-refractivity contribution in [3.8, 4) is 0 Å². The van der Waals surface area contributed by atoms with E-state index in [9.17, 15) is 9.59 Å². The minimum absolute atomic E-state index is 0.0729. The third-order valence-electron chi connectivity index (χ3n) is 2.13. The molecule has 2 amide bonds. The third kappa shape index (κ3) is 2.69. The van der Waals surface area contributed by atoms with Gasteiger partial charge in [-0.25, -0.2) is 0 Å². The van der Waals surface area contributed by atoms with Crippen LogP contribution in [0.3, 0.4) is 0 Å². The number of carbonyl (C=O) groups is 2. The average molecular weight is 185 g/mol. The van der Waals surface area contributed by atoms with Crippen molar-refractivity contribution in [2.45, 2.75) is 25.4 Å². The van der Waals surface area contributed by atoms with Crippen molar-refractivity contribution < 1.29 is 9.59 Å². The number of likely N-dealkylation sites (tertiary alicyclic amines) is 1. The summed E-state index contributed by atoms with van der Waals surface area (Å²) in [6, 6.07) is -0.408. The quantitative estimate of drug-likeness (QED) is 0.535. The maximum atomic E-state index is 11.2. The summed E-state index contributed by atoms with van der Waals surface area (Å²) in [5, 5.41) is 2.78. The maximum absolute atomic E-state index is 11.2. The number of nitrogens with zero attached hydrogens (tertiary/aromatic N) is 1. The minimum atomic E-state index is -0.481. The molecule has 5 nitrogen and oxygen atoms in total. The highest BCUT2D eigenvalue weighted by atomic mass is 16.2. The molecule has 0 bridgehead atoms. The molecule has 3 N–H and O–H groups in total. The summed E-state index contributed by atoms with van der Waals surface area (Å²) < 4.78 is 0. The molecule has 0 spiro atoms. The number of amides is 2. The van der Waals surface area contributed by atoms with E-state index in [1.807, 2.05) is 0 Å². The normalized spacial score (nSPS) is 24.2. The van der Waals surface area contributed by atoms with E-state index < -0.39 is 6.04 Å². The lowest BCUT2D eigenvalue weighted by Crippen LogP contribution is -2.44. The van der Waals surface area contributed by atoms with E-state index in [0.717, 1.165) is 12.8 Å². The Morgan fingerprint density at radius 2 is 2.46 bits per heavy atom. The first-order valence-electron chi connectivity index (χ1n) is 4.39. The largest absolute Gasteiger partial charge is 0.350 e. The molecule has 0 aliphatic carbocycles. The van der Waals surface area contributed by atoms with Crippen molar-refractivity contribution >= 4 is 12.3 Å². The van der Waals surface area contributed by atoms with Gasteiger partial charge in [0.15, 0.2) is 0 Å². The molecule has 2 unspecified atom stereocenters. The van der Waals surface area contributed by atoms with E-state index in [0.29, 0.717) is 13.1 Å². The van der Waals surface area contributed by atoms with Crippen molar-refractivity contribution in [2.24, 2.45) is 5.73 Å². The van der Waals surface area contributed by atoms with Crippen LogP contribution in [-0.2, 0) is 9.59 Å². The molecule has 2 atom stereocenters. The van der Waals surface area contributed by atoms with E-state index in [-0.39, 0.29) is 11.9 Å². The van der Waals surface area contributed by atoms with Gasteiger partial charge in [-0.3, -0.25) is 9.59 Å². The van der Waals surface area contributed by atoms with Gasteiger partial charge in [0, 0.05) is 19.1 Å². The topological polar surface area (TPSA) is 75.4 Å². The summed E-state index contributed by atoms with van der Waals surface area (Å²) in [6.45, 7) is 2.96. The predicted octanol–water partition coefficient (Wildman–Crippen LogP) is -1.32. The molecule has 0 aromatic carbocycles. The predicted molar refractivity (Wildman–Crippen MR) is 47.8 cm³/mol. The molecule has 1 fully saturated rings. The fraction of sp³-hybridized carbons (Fsp3) is 0.750. The van der Waals surface area contributed by atoms with E-state index >= 15 is 0 Å². The van der Waals surface area contributed by atoms with Gasteiger partial charge in [0.05, 0.1) is 6.04 Å². The Morgan fingerprint density at radius 3 is 2.92 bits per heavy atom. The highest BCUT2D eigenvalue weighted by Gasteiger charge is 2.23. The number of nitrogens with two attached hydrogens (primary N) is 1. The Hall–Kier alpha value is -1.10. The van der Waals surface area contributed by atoms with Crippen molar-refractivity contribution in [1.29, 1.82) is 0 Å². The monoisotopic (exact) mass is 185 g/mol. The first-order valence-corrected chi connectivity index (χ1v) is 4.39. The molecule has 13 heavy (non-hydrogen) atoms. The molecule has 1 heterocycles. The zero-order valence-corrected chi connectivity index (χ0v) is 7.69. The third-order valence-corrected chi connectivity index (χ3v) is 2.13. The summed E-state index contributed by atoms with van der Waals surface area (Å²) >= 11 is 0. The lowest BCUT2D eigenvalue weighted by atomic mass is 10.2. The minimum Gasteiger partial charge on any atom is -0.350 e. The second-order valence-corrected chi connectivity index (χ2v) is 3.38. The van der Waals surface area contributed by atoms with Crippen molar-refractivity contribution in [1.82, 2.24) is 10.2 Å². The number of nitrogens with one attached hydrogen (secondary N) is 1. The van der Waals surface area contributed by atoms with Gasteiger partial charge < -0.3 is 16.0 Å². The van der Waals surface area contributed by atoms with E-state index in [1.165, 1.54) is 0 Å². The standard InChI is InChI=1S/C8H15N3O2/c1-6(9)8(13)10-7-2-3-11(4-7)5-12/h5-7H,2-4,9H2,1H3,(H,10,13). The van der Waals surface area contributed by atoms with Crippen LogP contribution in [0.4, 0.5) is 0 Å². The van der Waals surface area contributed by atoms with Gasteiger partial charge >= 0.3 is 0 Å². The zero-order valence-electron chi connectivity index (χ0n) is 7.69. The number of rotatable bonds is 3. The summed E-state index contributed by atoms with van der Waals surface area (Å²) in [5.41, 5.74) is 5.39. The molecule has 74 valence electrons.